The van der Waals surface area contributed by atoms with Crippen molar-refractivity contribution in [1.29, 1.82) is 0 Å². The molecule has 3 N–H and O–H groups in total. The Balaban J connectivity index is 3.15. The highest BCUT2D eigenvalue weighted by atomic mass is 32.2. The van der Waals surface area contributed by atoms with Crippen LogP contribution in [0.5, 0.6) is 11.5 Å². The molecule has 0 aliphatic carbocycles. The van der Waals surface area contributed by atoms with E-state index >= 15 is 0 Å². The van der Waals surface area contributed by atoms with Crippen molar-refractivity contribution in [3.05, 3.63) is 18.2 Å². The summed E-state index contributed by atoms with van der Waals surface area (Å²) in [6.07, 6.45) is -0.243. The number of methoxy groups -OCH3 is 2. The fraction of sp³-hybridized carbons (Fsp3) is 0.417. The molecular formula is C12H17NO7S. The predicted octanol–water partition coefficient (Wildman–Crippen LogP) is -0.182. The van der Waals surface area contributed by atoms with E-state index in [0.29, 0.717) is 5.75 Å². The minimum Gasteiger partial charge on any atom is -0.497 e. The number of rotatable bonds is 8. The van der Waals surface area contributed by atoms with Crippen LogP contribution in [0.3, 0.4) is 0 Å². The lowest BCUT2D eigenvalue weighted by atomic mass is 10.2. The first kappa shape index (κ1) is 17.2. The van der Waals surface area contributed by atoms with Gasteiger partial charge in [0.2, 0.25) is 10.0 Å². The van der Waals surface area contributed by atoms with Gasteiger partial charge in [0.15, 0.2) is 0 Å². The molecule has 0 saturated heterocycles. The van der Waals surface area contributed by atoms with Gasteiger partial charge in [0.05, 0.1) is 14.2 Å². The molecule has 1 aromatic rings. The van der Waals surface area contributed by atoms with Gasteiger partial charge in [-0.25, -0.2) is 8.42 Å². The maximum Gasteiger partial charge on any atom is 0.321 e. The van der Waals surface area contributed by atoms with Crippen LogP contribution in [0.2, 0.25) is 0 Å². The van der Waals surface area contributed by atoms with Crippen LogP contribution in [0.1, 0.15) is 6.42 Å². The number of carboxylic acids is 1. The molecule has 0 bridgehead atoms. The molecule has 0 heterocycles. The van der Waals surface area contributed by atoms with E-state index in [-0.39, 0.29) is 17.1 Å². The van der Waals surface area contributed by atoms with Crippen molar-refractivity contribution in [2.24, 2.45) is 0 Å². The molecule has 1 atom stereocenters. The predicted molar refractivity (Wildman–Crippen MR) is 73.0 cm³/mol. The van der Waals surface area contributed by atoms with E-state index in [9.17, 15) is 13.2 Å². The average molecular weight is 319 g/mol. The summed E-state index contributed by atoms with van der Waals surface area (Å²) in [5, 5.41) is 17.7. The van der Waals surface area contributed by atoms with E-state index in [1.165, 1.54) is 32.4 Å². The lowest BCUT2D eigenvalue weighted by Gasteiger charge is -2.16. The molecule has 118 valence electrons. The zero-order valence-electron chi connectivity index (χ0n) is 11.6. The van der Waals surface area contributed by atoms with E-state index in [1.807, 2.05) is 4.72 Å². The number of hydrogen-bond acceptors (Lipinski definition) is 6. The molecule has 0 aromatic heterocycles. The molecule has 0 aliphatic heterocycles. The summed E-state index contributed by atoms with van der Waals surface area (Å²) in [6.45, 7) is -0.459. The lowest BCUT2D eigenvalue weighted by Crippen LogP contribution is -2.41. The quantitative estimate of drug-likeness (QED) is 0.607. The summed E-state index contributed by atoms with van der Waals surface area (Å²) in [5.41, 5.74) is 0. The average Bonchev–Trinajstić information content (AvgIpc) is 2.45. The molecular weight excluding hydrogens is 302 g/mol. The zero-order chi connectivity index (χ0) is 16.0. The number of carbonyl (C=O) groups is 1. The van der Waals surface area contributed by atoms with Crippen LogP contribution in [0.15, 0.2) is 23.1 Å². The van der Waals surface area contributed by atoms with Crippen molar-refractivity contribution in [1.82, 2.24) is 4.72 Å². The summed E-state index contributed by atoms with van der Waals surface area (Å²) in [5.74, 6) is -0.953. The van der Waals surface area contributed by atoms with Gasteiger partial charge in [0.1, 0.15) is 22.4 Å². The first-order valence-corrected chi connectivity index (χ1v) is 7.42. The van der Waals surface area contributed by atoms with Gasteiger partial charge in [-0.1, -0.05) is 0 Å². The van der Waals surface area contributed by atoms with Crippen LogP contribution in [0.4, 0.5) is 0 Å². The van der Waals surface area contributed by atoms with E-state index < -0.39 is 28.6 Å². The van der Waals surface area contributed by atoms with Gasteiger partial charge in [0.25, 0.3) is 0 Å². The largest absolute Gasteiger partial charge is 0.497 e. The third-order valence-corrected chi connectivity index (χ3v) is 4.18. The Kier molecular flexibility index (Phi) is 5.94. The number of benzene rings is 1. The second-order valence-electron chi connectivity index (χ2n) is 4.04. The number of ether oxygens (including phenoxy) is 2. The van der Waals surface area contributed by atoms with Gasteiger partial charge in [0, 0.05) is 12.7 Å². The van der Waals surface area contributed by atoms with Crippen molar-refractivity contribution in [2.45, 2.75) is 17.4 Å². The number of sulfonamides is 1. The Labute approximate surface area is 122 Å². The fourth-order valence-electron chi connectivity index (χ4n) is 1.61. The molecule has 8 nitrogen and oxygen atoms in total. The minimum atomic E-state index is -4.12. The van der Waals surface area contributed by atoms with Crippen molar-refractivity contribution < 1.29 is 32.9 Å². The number of carboxylic acid groups (broad SMARTS) is 1. The molecule has 1 unspecified atom stereocenters. The third kappa shape index (κ3) is 4.31. The second kappa shape index (κ2) is 7.25. The zero-order valence-corrected chi connectivity index (χ0v) is 12.4. The smallest absolute Gasteiger partial charge is 0.321 e. The van der Waals surface area contributed by atoms with Gasteiger partial charge in [-0.15, -0.1) is 0 Å². The van der Waals surface area contributed by atoms with Gasteiger partial charge < -0.3 is 19.7 Å². The van der Waals surface area contributed by atoms with Crippen LogP contribution in [-0.2, 0) is 14.8 Å². The van der Waals surface area contributed by atoms with E-state index in [0.717, 1.165) is 0 Å². The Morgan fingerprint density at radius 3 is 2.48 bits per heavy atom. The molecule has 1 aromatic carbocycles. The minimum absolute atomic E-state index is 0.0231. The van der Waals surface area contributed by atoms with Crippen LogP contribution in [0, 0.1) is 0 Å². The topological polar surface area (TPSA) is 122 Å². The standard InChI is InChI=1S/C12H17NO7S/c1-19-8-3-4-11(10(7-8)20-2)21(17,18)13-9(5-6-14)12(15)16/h3-4,7,9,13-14H,5-6H2,1-2H3,(H,15,16). The van der Waals surface area contributed by atoms with Crippen LogP contribution < -0.4 is 14.2 Å². The molecule has 1 rings (SSSR count). The van der Waals surface area contributed by atoms with Crippen molar-refractivity contribution in [2.75, 3.05) is 20.8 Å². The number of nitrogens with one attached hydrogen (secondary N) is 1. The third-order valence-electron chi connectivity index (χ3n) is 2.67. The first-order chi connectivity index (χ1) is 9.85. The van der Waals surface area contributed by atoms with Crippen molar-refractivity contribution >= 4 is 16.0 Å². The molecule has 0 radical (unpaired) electrons. The number of aliphatic carboxylic acids is 1. The summed E-state index contributed by atoms with van der Waals surface area (Å²) in [6, 6.07) is 2.61. The Bertz CT molecular complexity index is 600. The number of hydrogen-bond donors (Lipinski definition) is 3. The Hall–Kier alpha value is -1.84. The molecule has 9 heteroatoms. The van der Waals surface area contributed by atoms with E-state index in [2.05, 4.69) is 0 Å². The monoisotopic (exact) mass is 319 g/mol. The highest BCUT2D eigenvalue weighted by molar-refractivity contribution is 7.89. The summed E-state index contributed by atoms with van der Waals surface area (Å²) >= 11 is 0. The summed E-state index contributed by atoms with van der Waals surface area (Å²) < 4.78 is 36.4. The highest BCUT2D eigenvalue weighted by Gasteiger charge is 2.27. The molecule has 0 saturated carbocycles. The number of aliphatic hydroxyl groups is 1. The van der Waals surface area contributed by atoms with Crippen molar-refractivity contribution in [3.8, 4) is 11.5 Å². The fourth-order valence-corrected chi connectivity index (χ4v) is 2.98. The van der Waals surface area contributed by atoms with Crippen LogP contribution in [-0.4, -0.2) is 51.5 Å². The van der Waals surface area contributed by atoms with E-state index in [4.69, 9.17) is 19.7 Å². The number of aliphatic hydroxyl groups excluding tert-OH is 1. The van der Waals surface area contributed by atoms with Gasteiger partial charge in [-0.05, 0) is 18.6 Å². The summed E-state index contributed by atoms with van der Waals surface area (Å²) in [7, 11) is -1.41. The van der Waals surface area contributed by atoms with Crippen LogP contribution in [0.25, 0.3) is 0 Å². The lowest BCUT2D eigenvalue weighted by molar-refractivity contribution is -0.139. The molecule has 0 spiro atoms. The molecule has 21 heavy (non-hydrogen) atoms. The normalized spacial score (nSPS) is 12.7. The first-order valence-electron chi connectivity index (χ1n) is 5.93. The Morgan fingerprint density at radius 1 is 1.33 bits per heavy atom. The molecule has 0 aliphatic rings. The Morgan fingerprint density at radius 2 is 2.00 bits per heavy atom. The second-order valence-corrected chi connectivity index (χ2v) is 5.72. The maximum absolute atomic E-state index is 12.2. The van der Waals surface area contributed by atoms with Crippen LogP contribution >= 0.6 is 0 Å². The van der Waals surface area contributed by atoms with Gasteiger partial charge in [-0.2, -0.15) is 4.72 Å². The van der Waals surface area contributed by atoms with E-state index in [1.54, 1.807) is 0 Å². The molecule has 0 fully saturated rings. The molecule has 0 amide bonds. The van der Waals surface area contributed by atoms with Crippen molar-refractivity contribution in [3.63, 3.8) is 0 Å². The summed E-state index contributed by atoms with van der Waals surface area (Å²) in [4.78, 5) is 10.8. The maximum atomic E-state index is 12.2. The SMILES string of the molecule is COc1ccc(S(=O)(=O)NC(CCO)C(=O)O)c(OC)c1. The van der Waals surface area contributed by atoms with Gasteiger partial charge >= 0.3 is 5.97 Å². The van der Waals surface area contributed by atoms with Gasteiger partial charge in [-0.3, -0.25) is 4.79 Å². The highest BCUT2D eigenvalue weighted by Crippen LogP contribution is 2.28.